The van der Waals surface area contributed by atoms with E-state index in [1.54, 1.807) is 0 Å². The van der Waals surface area contributed by atoms with Gasteiger partial charge in [-0.05, 0) is 46.6 Å². The van der Waals surface area contributed by atoms with Crippen molar-refractivity contribution in [1.29, 1.82) is 0 Å². The lowest BCUT2D eigenvalue weighted by atomic mass is 9.80. The number of hydrogen-bond donors (Lipinski definition) is 0. The molecule has 0 N–H and O–H groups in total. The van der Waals surface area contributed by atoms with Gasteiger partial charge < -0.3 is 14.3 Å². The minimum absolute atomic E-state index is 0.0619. The minimum atomic E-state index is -0.497. The first-order valence-corrected chi connectivity index (χ1v) is 11.2. The van der Waals surface area contributed by atoms with Gasteiger partial charge in [-0.25, -0.2) is 4.79 Å². The lowest BCUT2D eigenvalue weighted by Crippen LogP contribution is -2.45. The number of nitrogens with zero attached hydrogens (tertiary/aromatic N) is 1. The first kappa shape index (κ1) is 23.4. The number of likely N-dealkylation sites (tertiary alicyclic amines) is 1. The Morgan fingerprint density at radius 2 is 1.87 bits per heavy atom. The predicted molar refractivity (Wildman–Crippen MR) is 128 cm³/mol. The Morgan fingerprint density at radius 1 is 1.20 bits per heavy atom. The second kappa shape index (κ2) is 7.38. The van der Waals surface area contributed by atoms with E-state index < -0.39 is 5.60 Å². The van der Waals surface area contributed by atoms with Crippen molar-refractivity contribution in [2.24, 2.45) is 5.41 Å². The average molecular weight is 428 g/mol. The zero-order valence-electron chi connectivity index (χ0n) is 19.5. The molecule has 163 valence electrons. The van der Waals surface area contributed by atoms with E-state index in [0.29, 0.717) is 13.1 Å². The summed E-state index contributed by atoms with van der Waals surface area (Å²) in [6.45, 7) is 19.6. The van der Waals surface area contributed by atoms with Crippen LogP contribution >= 0.6 is 9.24 Å². The Labute approximate surface area is 185 Å². The Bertz CT molecular complexity index is 842. The third kappa shape index (κ3) is 4.21. The van der Waals surface area contributed by atoms with Gasteiger partial charge in [-0.15, -0.1) is 15.8 Å². The van der Waals surface area contributed by atoms with Gasteiger partial charge in [-0.1, -0.05) is 49.7 Å². The van der Waals surface area contributed by atoms with E-state index in [-0.39, 0.29) is 27.7 Å². The smallest absolute Gasteiger partial charge is 0.410 e. The Balaban J connectivity index is 1.78. The summed E-state index contributed by atoms with van der Waals surface area (Å²) in [5, 5.41) is -0.0619. The van der Waals surface area contributed by atoms with Crippen LogP contribution in [0.2, 0.25) is 0 Å². The molecule has 3 unspecified atom stereocenters. The number of carbonyl (C=O) groups excluding carboxylic acids is 1. The van der Waals surface area contributed by atoms with Crippen LogP contribution in [0.1, 0.15) is 60.5 Å². The van der Waals surface area contributed by atoms with Crippen molar-refractivity contribution in [3.63, 3.8) is 0 Å². The van der Waals surface area contributed by atoms with Crippen LogP contribution in [0.3, 0.4) is 0 Å². The summed E-state index contributed by atoms with van der Waals surface area (Å²) in [6, 6.07) is 8.48. The molecule has 1 saturated carbocycles. The van der Waals surface area contributed by atoms with Gasteiger partial charge in [0.25, 0.3) is 0 Å². The number of amides is 1. The van der Waals surface area contributed by atoms with Crippen LogP contribution in [0.15, 0.2) is 36.9 Å². The van der Waals surface area contributed by atoms with Gasteiger partial charge in [-0.2, -0.15) is 0 Å². The summed E-state index contributed by atoms with van der Waals surface area (Å²) in [6.07, 6.45) is 2.80. The molecule has 1 aliphatic heterocycles. The maximum atomic E-state index is 12.7. The van der Waals surface area contributed by atoms with Gasteiger partial charge in [-0.3, -0.25) is 0 Å². The molecule has 1 aromatic carbocycles. The highest BCUT2D eigenvalue weighted by Gasteiger charge is 2.72. The molecule has 6 heteroatoms. The highest BCUT2D eigenvalue weighted by molar-refractivity contribution is 7.19. The summed E-state index contributed by atoms with van der Waals surface area (Å²) >= 11 is 0. The highest BCUT2D eigenvalue weighted by Crippen LogP contribution is 2.69. The molecule has 3 atom stereocenters. The number of rotatable bonds is 6. The van der Waals surface area contributed by atoms with Crippen LogP contribution in [0.25, 0.3) is 0 Å². The summed E-state index contributed by atoms with van der Waals surface area (Å²) in [4.78, 5) is 14.5. The fourth-order valence-corrected chi connectivity index (χ4v) is 4.25. The van der Waals surface area contributed by atoms with Crippen molar-refractivity contribution in [2.45, 2.75) is 76.7 Å². The second-order valence-corrected chi connectivity index (χ2v) is 12.5. The molecule has 2 fully saturated rings. The molecular formula is C24H36BNO3P. The minimum Gasteiger partial charge on any atom is -0.444 e. The van der Waals surface area contributed by atoms with Crippen molar-refractivity contribution in [2.75, 3.05) is 13.1 Å². The SMILES string of the molecule is C=CC12CN(C(=O)OC(C)(C)C)CC1(c1cccc([B]OC(C)(C)C(C)(C)P)c1)C2. The van der Waals surface area contributed by atoms with Crippen LogP contribution in [-0.4, -0.2) is 47.9 Å². The quantitative estimate of drug-likeness (QED) is 0.382. The number of carbonyl (C=O) groups is 1. The highest BCUT2D eigenvalue weighted by atomic mass is 31.0. The van der Waals surface area contributed by atoms with Crippen molar-refractivity contribution >= 4 is 28.3 Å². The molecule has 2 aliphatic rings. The van der Waals surface area contributed by atoms with Crippen LogP contribution in [0.4, 0.5) is 4.79 Å². The van der Waals surface area contributed by atoms with Crippen LogP contribution in [-0.2, 0) is 14.8 Å². The largest absolute Gasteiger partial charge is 0.444 e. The molecule has 0 aromatic heterocycles. The molecule has 1 aliphatic carbocycles. The van der Waals surface area contributed by atoms with E-state index in [2.05, 4.69) is 67.8 Å². The zero-order valence-corrected chi connectivity index (χ0v) is 20.7. The average Bonchev–Trinajstić information content (AvgIpc) is 3.14. The molecule has 0 spiro atoms. The Hall–Kier alpha value is -1.32. The van der Waals surface area contributed by atoms with Gasteiger partial charge in [0.05, 0.1) is 5.60 Å². The molecule has 1 amide bonds. The van der Waals surface area contributed by atoms with Crippen LogP contribution in [0.5, 0.6) is 0 Å². The normalized spacial score (nSPS) is 26.2. The summed E-state index contributed by atoms with van der Waals surface area (Å²) < 4.78 is 11.8. The fourth-order valence-electron chi connectivity index (χ4n) is 4.18. The van der Waals surface area contributed by atoms with E-state index in [1.807, 2.05) is 39.2 Å². The number of piperidine rings is 1. The van der Waals surface area contributed by atoms with Crippen LogP contribution < -0.4 is 5.46 Å². The van der Waals surface area contributed by atoms with E-state index in [0.717, 1.165) is 11.9 Å². The van der Waals surface area contributed by atoms with E-state index in [1.165, 1.54) is 5.56 Å². The van der Waals surface area contributed by atoms with Gasteiger partial charge in [0.1, 0.15) is 5.60 Å². The molecule has 4 nitrogen and oxygen atoms in total. The monoisotopic (exact) mass is 428 g/mol. The molecule has 1 saturated heterocycles. The predicted octanol–water partition coefficient (Wildman–Crippen LogP) is 4.44. The van der Waals surface area contributed by atoms with E-state index >= 15 is 0 Å². The summed E-state index contributed by atoms with van der Waals surface area (Å²) in [5.74, 6) is 0. The molecule has 0 bridgehead atoms. The topological polar surface area (TPSA) is 38.8 Å². The maximum absolute atomic E-state index is 12.7. The van der Waals surface area contributed by atoms with Gasteiger partial charge in [0.15, 0.2) is 0 Å². The first-order chi connectivity index (χ1) is 13.6. The lowest BCUT2D eigenvalue weighted by molar-refractivity contribution is 0.0264. The molecular weight excluding hydrogens is 392 g/mol. The summed E-state index contributed by atoms with van der Waals surface area (Å²) in [5.41, 5.74) is 1.27. The Morgan fingerprint density at radius 3 is 2.43 bits per heavy atom. The van der Waals surface area contributed by atoms with Crippen molar-refractivity contribution < 1.29 is 14.2 Å². The van der Waals surface area contributed by atoms with Gasteiger partial charge in [0.2, 0.25) is 0 Å². The first-order valence-electron chi connectivity index (χ1n) is 10.7. The van der Waals surface area contributed by atoms with Crippen molar-refractivity contribution in [3.05, 3.63) is 42.5 Å². The number of benzene rings is 1. The van der Waals surface area contributed by atoms with Crippen LogP contribution in [0, 0.1) is 5.41 Å². The van der Waals surface area contributed by atoms with Gasteiger partial charge in [0, 0.05) is 29.1 Å². The van der Waals surface area contributed by atoms with E-state index in [4.69, 9.17) is 9.39 Å². The number of ether oxygens (including phenoxy) is 1. The standard InChI is InChI=1S/C24H36BNO3P/c1-9-23-14-24(23,16-26(15-23)19(27)28-20(2,3)4)17-11-10-12-18(13-17)25-29-21(5,6)22(7,8)30/h9-13H,1,14-16,30H2,2-8H3. The number of hydrogen-bond acceptors (Lipinski definition) is 3. The third-order valence-corrected chi connectivity index (χ3v) is 7.60. The molecule has 1 radical (unpaired) electrons. The third-order valence-electron chi connectivity index (χ3n) is 6.90. The van der Waals surface area contributed by atoms with Crippen molar-refractivity contribution in [1.82, 2.24) is 4.90 Å². The Kier molecular flexibility index (Phi) is 5.74. The fraction of sp³-hybridized carbons (Fsp3) is 0.625. The summed E-state index contributed by atoms with van der Waals surface area (Å²) in [7, 11) is 4.71. The molecule has 1 aromatic rings. The molecule has 3 rings (SSSR count). The lowest BCUT2D eigenvalue weighted by Gasteiger charge is -2.39. The second-order valence-electron chi connectivity index (χ2n) is 11.0. The molecule has 30 heavy (non-hydrogen) atoms. The van der Waals surface area contributed by atoms with E-state index in [9.17, 15) is 4.79 Å². The van der Waals surface area contributed by atoms with Gasteiger partial charge >= 0.3 is 13.6 Å². The zero-order chi connectivity index (χ0) is 22.6. The van der Waals surface area contributed by atoms with Crippen molar-refractivity contribution in [3.8, 4) is 0 Å². The number of fused-ring (bicyclic) bond motifs is 1. The molecule has 1 heterocycles. The maximum Gasteiger partial charge on any atom is 0.410 e.